The van der Waals surface area contributed by atoms with Gasteiger partial charge in [0.15, 0.2) is 0 Å². The maximum Gasteiger partial charge on any atom is 0.326 e. The average molecular weight is 277 g/mol. The fourth-order valence-electron chi connectivity index (χ4n) is 2.26. The zero-order valence-corrected chi connectivity index (χ0v) is 11.2. The molecule has 0 saturated carbocycles. The summed E-state index contributed by atoms with van der Waals surface area (Å²) in [6.07, 6.45) is 1.02. The summed E-state index contributed by atoms with van der Waals surface area (Å²) in [4.78, 5) is 24.8. The number of urea groups is 1. The molecule has 0 aliphatic carbocycles. The number of hydrogen-bond acceptors (Lipinski definition) is 3. The molecule has 0 spiro atoms. The van der Waals surface area contributed by atoms with Gasteiger partial charge in [-0.05, 0) is 12.0 Å². The molecular formula is C14H19N3O3. The summed E-state index contributed by atoms with van der Waals surface area (Å²) in [7, 11) is 0. The summed E-state index contributed by atoms with van der Waals surface area (Å²) in [5.74, 6) is -1.04. The Morgan fingerprint density at radius 2 is 2.10 bits per heavy atom. The van der Waals surface area contributed by atoms with Crippen LogP contribution < -0.4 is 11.1 Å². The van der Waals surface area contributed by atoms with Gasteiger partial charge in [-0.2, -0.15) is 0 Å². The van der Waals surface area contributed by atoms with E-state index in [1.54, 1.807) is 4.90 Å². The third kappa shape index (κ3) is 3.71. The zero-order chi connectivity index (χ0) is 14.5. The monoisotopic (exact) mass is 277 g/mol. The van der Waals surface area contributed by atoms with Gasteiger partial charge < -0.3 is 21.1 Å². The summed E-state index contributed by atoms with van der Waals surface area (Å²) >= 11 is 0. The molecule has 1 fully saturated rings. The minimum Gasteiger partial charge on any atom is -0.480 e. The smallest absolute Gasteiger partial charge is 0.326 e. The summed E-state index contributed by atoms with van der Waals surface area (Å²) in [6, 6.07) is 7.93. The Kier molecular flexibility index (Phi) is 4.57. The van der Waals surface area contributed by atoms with Crippen LogP contribution in [0.15, 0.2) is 30.3 Å². The van der Waals surface area contributed by atoms with Crippen LogP contribution in [0.4, 0.5) is 4.79 Å². The van der Waals surface area contributed by atoms with Crippen molar-refractivity contribution in [3.63, 3.8) is 0 Å². The molecule has 1 aromatic rings. The number of amides is 2. The second-order valence-electron chi connectivity index (χ2n) is 5.02. The first-order valence-electron chi connectivity index (χ1n) is 6.64. The number of aliphatic carboxylic acids is 1. The van der Waals surface area contributed by atoms with E-state index in [1.165, 1.54) is 0 Å². The molecule has 1 aliphatic rings. The van der Waals surface area contributed by atoms with Gasteiger partial charge in [0.1, 0.15) is 6.04 Å². The number of carbonyl (C=O) groups excluding carboxylic acids is 1. The van der Waals surface area contributed by atoms with Crippen molar-refractivity contribution in [2.75, 3.05) is 13.1 Å². The number of rotatable bonds is 4. The molecule has 2 atom stereocenters. The maximum atomic E-state index is 12.0. The van der Waals surface area contributed by atoms with E-state index in [0.717, 1.165) is 12.0 Å². The van der Waals surface area contributed by atoms with Gasteiger partial charge in [0.05, 0.1) is 0 Å². The Balaban J connectivity index is 1.96. The van der Waals surface area contributed by atoms with Crippen molar-refractivity contribution in [2.45, 2.75) is 24.9 Å². The second kappa shape index (κ2) is 6.38. The average Bonchev–Trinajstić information content (AvgIpc) is 2.86. The van der Waals surface area contributed by atoms with Gasteiger partial charge in [0, 0.05) is 25.6 Å². The van der Waals surface area contributed by atoms with Crippen molar-refractivity contribution >= 4 is 12.0 Å². The molecule has 1 saturated heterocycles. The maximum absolute atomic E-state index is 12.0. The van der Waals surface area contributed by atoms with E-state index in [1.807, 2.05) is 30.3 Å². The molecule has 1 aliphatic heterocycles. The molecule has 0 aromatic heterocycles. The van der Waals surface area contributed by atoms with Gasteiger partial charge in [0.2, 0.25) is 0 Å². The molecule has 4 N–H and O–H groups in total. The van der Waals surface area contributed by atoms with Gasteiger partial charge in [-0.1, -0.05) is 30.3 Å². The Bertz CT molecular complexity index is 478. The largest absolute Gasteiger partial charge is 0.480 e. The lowest BCUT2D eigenvalue weighted by molar-refractivity contribution is -0.139. The molecule has 1 aromatic carbocycles. The van der Waals surface area contributed by atoms with E-state index < -0.39 is 12.0 Å². The number of nitrogens with one attached hydrogen (secondary N) is 1. The first-order valence-corrected chi connectivity index (χ1v) is 6.64. The first kappa shape index (κ1) is 14.3. The van der Waals surface area contributed by atoms with E-state index in [4.69, 9.17) is 5.73 Å². The first-order chi connectivity index (χ1) is 9.56. The van der Waals surface area contributed by atoms with E-state index >= 15 is 0 Å². The standard InChI is InChI=1S/C14H19N3O3/c15-11-6-7-17(9-11)14(20)16-12(13(18)19)8-10-4-2-1-3-5-10/h1-5,11-12H,6-9,15H2,(H,16,20)(H,18,19)/t11?,12-/m1/s1. The number of nitrogens with zero attached hydrogens (tertiary/aromatic N) is 1. The van der Waals surface area contributed by atoms with E-state index in [0.29, 0.717) is 13.1 Å². The van der Waals surface area contributed by atoms with Crippen molar-refractivity contribution in [3.05, 3.63) is 35.9 Å². The summed E-state index contributed by atoms with van der Waals surface area (Å²) in [5, 5.41) is 11.8. The van der Waals surface area contributed by atoms with Crippen molar-refractivity contribution in [1.29, 1.82) is 0 Å². The third-order valence-corrected chi connectivity index (χ3v) is 3.39. The highest BCUT2D eigenvalue weighted by Gasteiger charge is 2.27. The number of benzene rings is 1. The van der Waals surface area contributed by atoms with Crippen LogP contribution in [0.2, 0.25) is 0 Å². The van der Waals surface area contributed by atoms with Crippen LogP contribution in [0.3, 0.4) is 0 Å². The normalized spacial score (nSPS) is 19.6. The number of hydrogen-bond donors (Lipinski definition) is 3. The summed E-state index contributed by atoms with van der Waals surface area (Å²) in [6.45, 7) is 1.05. The van der Waals surface area contributed by atoms with Gasteiger partial charge >= 0.3 is 12.0 Å². The molecule has 1 heterocycles. The van der Waals surface area contributed by atoms with Crippen LogP contribution in [-0.4, -0.2) is 47.2 Å². The predicted molar refractivity (Wildman–Crippen MR) is 74.3 cm³/mol. The number of likely N-dealkylation sites (tertiary alicyclic amines) is 1. The lowest BCUT2D eigenvalue weighted by Gasteiger charge is -2.20. The highest BCUT2D eigenvalue weighted by molar-refractivity contribution is 5.83. The summed E-state index contributed by atoms with van der Waals surface area (Å²) < 4.78 is 0. The van der Waals surface area contributed by atoms with Gasteiger partial charge in [-0.3, -0.25) is 0 Å². The predicted octanol–water partition coefficient (Wildman–Crippen LogP) is 0.425. The van der Waals surface area contributed by atoms with Crippen LogP contribution in [0, 0.1) is 0 Å². The lowest BCUT2D eigenvalue weighted by Crippen LogP contribution is -2.48. The summed E-state index contributed by atoms with van der Waals surface area (Å²) in [5.41, 5.74) is 6.61. The van der Waals surface area contributed by atoms with Crippen molar-refractivity contribution in [3.8, 4) is 0 Å². The Labute approximate surface area is 117 Å². The fraction of sp³-hybridized carbons (Fsp3) is 0.429. The number of carbonyl (C=O) groups is 2. The third-order valence-electron chi connectivity index (χ3n) is 3.39. The fourth-order valence-corrected chi connectivity index (χ4v) is 2.26. The molecule has 0 bridgehead atoms. The van der Waals surface area contributed by atoms with Crippen molar-refractivity contribution < 1.29 is 14.7 Å². The number of carboxylic acids is 1. The molecule has 2 rings (SSSR count). The minimum absolute atomic E-state index is 0.0156. The molecule has 1 unspecified atom stereocenters. The van der Waals surface area contributed by atoms with Gasteiger partial charge in [-0.25, -0.2) is 9.59 Å². The molecular weight excluding hydrogens is 258 g/mol. The van der Waals surface area contributed by atoms with Crippen LogP contribution in [0.5, 0.6) is 0 Å². The molecule has 6 nitrogen and oxygen atoms in total. The van der Waals surface area contributed by atoms with Crippen LogP contribution in [0.25, 0.3) is 0 Å². The quantitative estimate of drug-likeness (QED) is 0.743. The van der Waals surface area contributed by atoms with Crippen molar-refractivity contribution in [2.24, 2.45) is 5.73 Å². The van der Waals surface area contributed by atoms with Crippen molar-refractivity contribution in [1.82, 2.24) is 10.2 Å². The van der Waals surface area contributed by atoms with Gasteiger partial charge in [-0.15, -0.1) is 0 Å². The van der Waals surface area contributed by atoms with Crippen LogP contribution in [-0.2, 0) is 11.2 Å². The minimum atomic E-state index is -1.04. The zero-order valence-electron chi connectivity index (χ0n) is 11.2. The molecule has 108 valence electrons. The highest BCUT2D eigenvalue weighted by Crippen LogP contribution is 2.08. The topological polar surface area (TPSA) is 95.7 Å². The van der Waals surface area contributed by atoms with Gasteiger partial charge in [0.25, 0.3) is 0 Å². The second-order valence-corrected chi connectivity index (χ2v) is 5.02. The Hall–Kier alpha value is -2.08. The number of carboxylic acid groups (broad SMARTS) is 1. The SMILES string of the molecule is NC1CCN(C(=O)N[C@H](Cc2ccccc2)C(=O)O)C1. The molecule has 6 heteroatoms. The number of nitrogens with two attached hydrogens (primary N) is 1. The van der Waals surface area contributed by atoms with E-state index in [2.05, 4.69) is 5.32 Å². The highest BCUT2D eigenvalue weighted by atomic mass is 16.4. The Morgan fingerprint density at radius 1 is 1.40 bits per heavy atom. The van der Waals surface area contributed by atoms with E-state index in [9.17, 15) is 14.7 Å². The molecule has 20 heavy (non-hydrogen) atoms. The van der Waals surface area contributed by atoms with E-state index in [-0.39, 0.29) is 18.5 Å². The molecule has 2 amide bonds. The lowest BCUT2D eigenvalue weighted by atomic mass is 10.1. The van der Waals surface area contributed by atoms with Crippen LogP contribution in [0.1, 0.15) is 12.0 Å². The Morgan fingerprint density at radius 3 is 2.65 bits per heavy atom. The molecule has 0 radical (unpaired) electrons. The van der Waals surface area contributed by atoms with Crippen LogP contribution >= 0.6 is 0 Å².